The second kappa shape index (κ2) is 6.63. The van der Waals surface area contributed by atoms with Crippen molar-refractivity contribution in [3.05, 3.63) is 30.7 Å². The summed E-state index contributed by atoms with van der Waals surface area (Å²) in [6, 6.07) is 6.20. The van der Waals surface area contributed by atoms with Crippen LogP contribution in [0.15, 0.2) is 40.5 Å². The third-order valence-corrected chi connectivity index (χ3v) is 6.49. The van der Waals surface area contributed by atoms with Gasteiger partial charge in [-0.15, -0.1) is 34.6 Å². The van der Waals surface area contributed by atoms with Gasteiger partial charge >= 0.3 is 0 Å². The van der Waals surface area contributed by atoms with E-state index < -0.39 is 0 Å². The number of aromatic nitrogens is 7. The molecule has 2 N–H and O–H groups in total. The van der Waals surface area contributed by atoms with E-state index in [0.29, 0.717) is 11.1 Å². The van der Waals surface area contributed by atoms with E-state index in [2.05, 4.69) is 48.0 Å². The molecular formula is C17H16N8S2. The largest absolute Gasteiger partial charge is 0.318 e. The van der Waals surface area contributed by atoms with Gasteiger partial charge in [-0.3, -0.25) is 0 Å². The monoisotopic (exact) mass is 396 g/mol. The Morgan fingerprint density at radius 3 is 2.89 bits per heavy atom. The topological polar surface area (TPSA) is 97.2 Å². The summed E-state index contributed by atoms with van der Waals surface area (Å²) in [4.78, 5) is 10.9. The predicted molar refractivity (Wildman–Crippen MR) is 107 cm³/mol. The number of aryl methyl sites for hydroxylation is 1. The molecular weight excluding hydrogens is 380 g/mol. The highest BCUT2D eigenvalue weighted by Crippen LogP contribution is 2.41. The molecule has 1 fully saturated rings. The Morgan fingerprint density at radius 1 is 1.26 bits per heavy atom. The summed E-state index contributed by atoms with van der Waals surface area (Å²) in [7, 11) is 1.93. The van der Waals surface area contributed by atoms with Crippen molar-refractivity contribution in [3.8, 4) is 22.5 Å². The Bertz CT molecular complexity index is 1120. The molecule has 1 aliphatic heterocycles. The van der Waals surface area contributed by atoms with Crippen molar-refractivity contribution in [2.75, 3.05) is 13.1 Å². The van der Waals surface area contributed by atoms with E-state index in [-0.39, 0.29) is 0 Å². The minimum atomic E-state index is 0.519. The molecule has 1 saturated heterocycles. The van der Waals surface area contributed by atoms with E-state index in [1.807, 2.05) is 35.6 Å². The molecule has 4 aromatic rings. The molecule has 136 valence electrons. The number of benzene rings is 1. The van der Waals surface area contributed by atoms with Crippen LogP contribution in [-0.2, 0) is 7.05 Å². The second-order valence-electron chi connectivity index (χ2n) is 6.39. The number of H-pyrrole nitrogens is 1. The molecule has 0 atom stereocenters. The highest BCUT2D eigenvalue weighted by atomic mass is 32.2. The van der Waals surface area contributed by atoms with Crippen molar-refractivity contribution in [1.29, 1.82) is 0 Å². The molecule has 0 saturated carbocycles. The molecule has 0 spiro atoms. The number of hydrogen-bond donors (Lipinski definition) is 3. The van der Waals surface area contributed by atoms with Crippen LogP contribution in [-0.4, -0.2) is 53.5 Å². The van der Waals surface area contributed by atoms with Gasteiger partial charge in [0, 0.05) is 52.5 Å². The van der Waals surface area contributed by atoms with E-state index in [0.717, 1.165) is 50.7 Å². The maximum atomic E-state index is 4.83. The number of pyridine rings is 1. The van der Waals surface area contributed by atoms with Crippen LogP contribution in [0.5, 0.6) is 0 Å². The van der Waals surface area contributed by atoms with Crippen LogP contribution in [0.2, 0.25) is 0 Å². The van der Waals surface area contributed by atoms with Gasteiger partial charge in [-0.1, -0.05) is 6.07 Å². The summed E-state index contributed by atoms with van der Waals surface area (Å²) in [5.41, 5.74) is 4.43. The summed E-state index contributed by atoms with van der Waals surface area (Å²) in [5.74, 6) is 0.519. The Balaban J connectivity index is 1.66. The summed E-state index contributed by atoms with van der Waals surface area (Å²) >= 11 is 6.65. The Morgan fingerprint density at radius 2 is 2.15 bits per heavy atom. The summed E-state index contributed by atoms with van der Waals surface area (Å²) in [6.07, 6.45) is 3.61. The number of thiol groups is 1. The quantitative estimate of drug-likeness (QED) is 0.455. The first-order chi connectivity index (χ1) is 13.2. The zero-order chi connectivity index (χ0) is 18.4. The number of hydrogen-bond acceptors (Lipinski definition) is 8. The molecule has 1 aromatic carbocycles. The molecule has 0 aliphatic carbocycles. The molecule has 27 heavy (non-hydrogen) atoms. The Labute approximate surface area is 164 Å². The molecule has 5 rings (SSSR count). The maximum absolute atomic E-state index is 4.83. The average molecular weight is 397 g/mol. The van der Waals surface area contributed by atoms with Crippen LogP contribution >= 0.6 is 24.4 Å². The Hall–Kier alpha value is -2.43. The normalized spacial score (nSPS) is 14.6. The molecule has 0 unspecified atom stereocenters. The highest BCUT2D eigenvalue weighted by molar-refractivity contribution is 8.00. The number of fused-ring (bicyclic) bond motifs is 1. The second-order valence-corrected chi connectivity index (χ2v) is 8.18. The third kappa shape index (κ3) is 2.89. The lowest BCUT2D eigenvalue weighted by molar-refractivity contribution is 0.543. The number of nitrogens with zero attached hydrogens (tertiary/aromatic N) is 6. The van der Waals surface area contributed by atoms with E-state index in [9.17, 15) is 0 Å². The van der Waals surface area contributed by atoms with Crippen LogP contribution in [0.1, 0.15) is 0 Å². The molecule has 10 heteroatoms. The third-order valence-electron chi connectivity index (χ3n) is 4.61. The Kier molecular flexibility index (Phi) is 4.10. The fraction of sp³-hybridized carbons (Fsp3) is 0.235. The number of tetrazole rings is 1. The van der Waals surface area contributed by atoms with Gasteiger partial charge in [0.15, 0.2) is 5.65 Å². The average Bonchev–Trinajstić information content (AvgIpc) is 3.29. The van der Waals surface area contributed by atoms with E-state index in [1.54, 1.807) is 6.33 Å². The van der Waals surface area contributed by atoms with E-state index in [1.165, 1.54) is 0 Å². The predicted octanol–water partition coefficient (Wildman–Crippen LogP) is 2.17. The first kappa shape index (κ1) is 16.7. The van der Waals surface area contributed by atoms with Gasteiger partial charge in [-0.2, -0.15) is 5.21 Å². The minimum absolute atomic E-state index is 0.519. The van der Waals surface area contributed by atoms with Gasteiger partial charge in [0.2, 0.25) is 5.82 Å². The van der Waals surface area contributed by atoms with E-state index in [4.69, 9.17) is 12.6 Å². The summed E-state index contributed by atoms with van der Waals surface area (Å²) in [5, 5.41) is 18.5. The summed E-state index contributed by atoms with van der Waals surface area (Å²) < 4.78 is 1.90. The SMILES string of the molecule is Cn1cnc2cc(-c3ccc(SC4CNC4)c(S)c3-c3nn[nH]n3)cnc21. The molecule has 0 amide bonds. The smallest absolute Gasteiger partial charge is 0.206 e. The molecule has 0 radical (unpaired) electrons. The standard InChI is InChI=1S/C17H16N8S2/c1-25-8-20-12-4-9(5-19-17(12)25)11-2-3-13(27-10-6-18-7-10)15(26)14(11)16-21-23-24-22-16/h2-5,8,10,18,26H,6-7H2,1H3,(H,21,22,23,24). The van der Waals surface area contributed by atoms with Crippen LogP contribution < -0.4 is 5.32 Å². The number of nitrogens with one attached hydrogen (secondary N) is 2. The van der Waals surface area contributed by atoms with Crippen LogP contribution in [0.3, 0.4) is 0 Å². The number of imidazole rings is 1. The zero-order valence-electron chi connectivity index (χ0n) is 14.4. The van der Waals surface area contributed by atoms with Crippen molar-refractivity contribution < 1.29 is 0 Å². The first-order valence-corrected chi connectivity index (χ1v) is 9.78. The van der Waals surface area contributed by atoms with Crippen LogP contribution in [0.4, 0.5) is 0 Å². The van der Waals surface area contributed by atoms with Crippen molar-refractivity contribution >= 4 is 35.6 Å². The van der Waals surface area contributed by atoms with Crippen LogP contribution in [0, 0.1) is 0 Å². The van der Waals surface area contributed by atoms with Gasteiger partial charge in [-0.25, -0.2) is 9.97 Å². The molecule has 3 aromatic heterocycles. The summed E-state index contributed by atoms with van der Waals surface area (Å²) in [6.45, 7) is 2.02. The molecule has 4 heterocycles. The molecule has 0 bridgehead atoms. The van der Waals surface area contributed by atoms with Crippen molar-refractivity contribution in [1.82, 2.24) is 40.5 Å². The van der Waals surface area contributed by atoms with Gasteiger partial charge < -0.3 is 9.88 Å². The van der Waals surface area contributed by atoms with Gasteiger partial charge in [-0.05, 0) is 22.9 Å². The maximum Gasteiger partial charge on any atom is 0.206 e. The van der Waals surface area contributed by atoms with Gasteiger partial charge in [0.05, 0.1) is 6.33 Å². The minimum Gasteiger partial charge on any atom is -0.318 e. The van der Waals surface area contributed by atoms with E-state index >= 15 is 0 Å². The lowest BCUT2D eigenvalue weighted by Gasteiger charge is -2.27. The molecule has 8 nitrogen and oxygen atoms in total. The fourth-order valence-electron chi connectivity index (χ4n) is 3.09. The number of aromatic amines is 1. The van der Waals surface area contributed by atoms with Crippen molar-refractivity contribution in [2.24, 2.45) is 7.05 Å². The highest BCUT2D eigenvalue weighted by Gasteiger charge is 2.23. The van der Waals surface area contributed by atoms with Gasteiger partial charge in [0.1, 0.15) is 5.52 Å². The number of thioether (sulfide) groups is 1. The van der Waals surface area contributed by atoms with Gasteiger partial charge in [0.25, 0.3) is 0 Å². The van der Waals surface area contributed by atoms with Crippen molar-refractivity contribution in [3.63, 3.8) is 0 Å². The molecule has 1 aliphatic rings. The number of rotatable bonds is 4. The lowest BCUT2D eigenvalue weighted by Crippen LogP contribution is -2.44. The lowest BCUT2D eigenvalue weighted by atomic mass is 10.0. The van der Waals surface area contributed by atoms with Crippen LogP contribution in [0.25, 0.3) is 33.7 Å². The van der Waals surface area contributed by atoms with Crippen molar-refractivity contribution in [2.45, 2.75) is 15.0 Å². The first-order valence-electron chi connectivity index (χ1n) is 8.45. The fourth-order valence-corrected chi connectivity index (χ4v) is 4.67. The zero-order valence-corrected chi connectivity index (χ0v) is 16.1.